The highest BCUT2D eigenvalue weighted by Gasteiger charge is 2.31. The van der Waals surface area contributed by atoms with Crippen LogP contribution in [0.25, 0.3) is 22.2 Å². The maximum absolute atomic E-state index is 14.2. The van der Waals surface area contributed by atoms with Gasteiger partial charge in [-0.15, -0.1) is 0 Å². The lowest BCUT2D eigenvalue weighted by atomic mass is 10.0. The van der Waals surface area contributed by atoms with Gasteiger partial charge in [-0.25, -0.2) is 9.37 Å². The number of rotatable bonds is 4. The zero-order valence-corrected chi connectivity index (χ0v) is 14.3. The highest BCUT2D eigenvalue weighted by molar-refractivity contribution is 5.82. The van der Waals surface area contributed by atoms with Crippen molar-refractivity contribution in [1.82, 2.24) is 9.55 Å². The molecule has 7 heteroatoms. The zero-order chi connectivity index (χ0) is 19.1. The Morgan fingerprint density at radius 2 is 1.81 bits per heavy atom. The first-order chi connectivity index (χ1) is 12.0. The number of aryl methyl sites for hydroxylation is 1. The van der Waals surface area contributed by atoms with Crippen molar-refractivity contribution in [2.24, 2.45) is 0 Å². The maximum Gasteiger partial charge on any atom is 0.416 e. The van der Waals surface area contributed by atoms with E-state index in [1.807, 2.05) is 4.57 Å². The van der Waals surface area contributed by atoms with Gasteiger partial charge in [0.05, 0.1) is 28.5 Å². The summed E-state index contributed by atoms with van der Waals surface area (Å²) in [6.07, 6.45) is -2.42. The van der Waals surface area contributed by atoms with Gasteiger partial charge in [-0.3, -0.25) is 0 Å². The summed E-state index contributed by atoms with van der Waals surface area (Å²) in [4.78, 5) is 4.27. The number of hydrogen-bond donors (Lipinski definition) is 1. The van der Waals surface area contributed by atoms with Crippen LogP contribution in [0.4, 0.5) is 17.6 Å². The molecule has 0 amide bonds. The molecule has 1 aromatic heterocycles. The van der Waals surface area contributed by atoms with Gasteiger partial charge in [0.25, 0.3) is 0 Å². The lowest BCUT2D eigenvalue weighted by molar-refractivity contribution is -0.137. The first-order valence-electron chi connectivity index (χ1n) is 8.09. The van der Waals surface area contributed by atoms with E-state index in [4.69, 9.17) is 0 Å². The van der Waals surface area contributed by atoms with E-state index in [9.17, 15) is 22.7 Å². The van der Waals surface area contributed by atoms with Gasteiger partial charge in [-0.2, -0.15) is 13.2 Å². The molecule has 0 unspecified atom stereocenters. The number of hydrogen-bond acceptors (Lipinski definition) is 2. The Labute approximate surface area is 147 Å². The van der Waals surface area contributed by atoms with Gasteiger partial charge in [0.15, 0.2) is 0 Å². The van der Waals surface area contributed by atoms with Crippen molar-refractivity contribution >= 4 is 11.0 Å². The molecular formula is C19H18F4N2O. The van der Waals surface area contributed by atoms with Crippen LogP contribution in [0.1, 0.15) is 25.8 Å². The van der Waals surface area contributed by atoms with Crippen LogP contribution >= 0.6 is 0 Å². The predicted octanol–water partition coefficient (Wildman–Crippen LogP) is 5.02. The van der Waals surface area contributed by atoms with E-state index in [2.05, 4.69) is 4.98 Å². The summed E-state index contributed by atoms with van der Waals surface area (Å²) in [5, 5.41) is 9.84. The highest BCUT2D eigenvalue weighted by atomic mass is 19.4. The maximum atomic E-state index is 14.2. The number of aliphatic hydroxyl groups is 1. The Balaban J connectivity index is 1.93. The van der Waals surface area contributed by atoms with Crippen LogP contribution in [0.2, 0.25) is 0 Å². The molecule has 3 rings (SSSR count). The van der Waals surface area contributed by atoms with Crippen LogP contribution in [-0.4, -0.2) is 20.3 Å². The summed E-state index contributed by atoms with van der Waals surface area (Å²) in [6, 6.07) is 7.54. The summed E-state index contributed by atoms with van der Waals surface area (Å²) >= 11 is 0. The van der Waals surface area contributed by atoms with E-state index in [0.717, 1.165) is 17.6 Å². The second-order valence-corrected chi connectivity index (χ2v) is 6.90. The molecule has 0 saturated heterocycles. The lowest BCUT2D eigenvalue weighted by Gasteiger charge is -2.17. The number of nitrogens with zero attached hydrogens (tertiary/aromatic N) is 2. The van der Waals surface area contributed by atoms with E-state index in [1.54, 1.807) is 38.4 Å². The molecule has 1 heterocycles. The molecule has 0 aliphatic heterocycles. The van der Waals surface area contributed by atoms with Crippen LogP contribution in [0, 0.1) is 5.82 Å². The molecule has 3 aromatic rings. The monoisotopic (exact) mass is 366 g/mol. The molecule has 0 spiro atoms. The van der Waals surface area contributed by atoms with Crippen LogP contribution in [0.5, 0.6) is 0 Å². The summed E-state index contributed by atoms with van der Waals surface area (Å²) in [7, 11) is 0. The van der Waals surface area contributed by atoms with Crippen molar-refractivity contribution < 1.29 is 22.7 Å². The summed E-state index contributed by atoms with van der Waals surface area (Å²) in [5.74, 6) is -0.930. The second-order valence-electron chi connectivity index (χ2n) is 6.90. The molecule has 3 nitrogen and oxygen atoms in total. The van der Waals surface area contributed by atoms with Crippen molar-refractivity contribution in [3.63, 3.8) is 0 Å². The number of halogens is 4. The topological polar surface area (TPSA) is 38.0 Å². The number of benzene rings is 2. The minimum absolute atomic E-state index is 0.0888. The SMILES string of the molecule is CC(C)(O)CCn1cnc2cc(-c3ccc(C(F)(F)F)cc3F)ccc21. The quantitative estimate of drug-likeness (QED) is 0.658. The predicted molar refractivity (Wildman–Crippen MR) is 91.0 cm³/mol. The Morgan fingerprint density at radius 3 is 2.42 bits per heavy atom. The Morgan fingerprint density at radius 1 is 1.08 bits per heavy atom. The third kappa shape index (κ3) is 3.88. The van der Waals surface area contributed by atoms with Crippen molar-refractivity contribution in [2.45, 2.75) is 38.6 Å². The molecule has 0 saturated carbocycles. The van der Waals surface area contributed by atoms with E-state index in [-0.39, 0.29) is 5.56 Å². The van der Waals surface area contributed by atoms with Gasteiger partial charge in [0, 0.05) is 12.1 Å². The summed E-state index contributed by atoms with van der Waals surface area (Å²) < 4.78 is 54.1. The molecule has 2 aromatic carbocycles. The fourth-order valence-corrected chi connectivity index (χ4v) is 2.73. The Bertz CT molecular complexity index is 939. The van der Waals surface area contributed by atoms with Crippen LogP contribution in [-0.2, 0) is 12.7 Å². The minimum atomic E-state index is -4.58. The average Bonchev–Trinajstić information content (AvgIpc) is 2.93. The van der Waals surface area contributed by atoms with E-state index >= 15 is 0 Å². The zero-order valence-electron chi connectivity index (χ0n) is 14.3. The molecule has 1 N–H and O–H groups in total. The van der Waals surface area contributed by atoms with Crippen molar-refractivity contribution in [2.75, 3.05) is 0 Å². The molecule has 138 valence electrons. The standard InChI is InChI=1S/C19H18F4N2O/c1-18(2,26)7-8-25-11-24-16-9-12(3-6-17(16)25)14-5-4-13(10-15(14)20)19(21,22)23/h3-6,9-11,26H,7-8H2,1-2H3. The first-order valence-corrected chi connectivity index (χ1v) is 8.09. The molecule has 0 bridgehead atoms. The van der Waals surface area contributed by atoms with E-state index < -0.39 is 23.2 Å². The van der Waals surface area contributed by atoms with Crippen LogP contribution < -0.4 is 0 Å². The Kier molecular flexibility index (Phi) is 4.52. The number of aromatic nitrogens is 2. The molecule has 0 atom stereocenters. The van der Waals surface area contributed by atoms with Crippen LogP contribution in [0.15, 0.2) is 42.7 Å². The third-order valence-corrected chi connectivity index (χ3v) is 4.19. The molecule has 0 fully saturated rings. The third-order valence-electron chi connectivity index (χ3n) is 4.19. The fourth-order valence-electron chi connectivity index (χ4n) is 2.73. The fraction of sp³-hybridized carbons (Fsp3) is 0.316. The smallest absolute Gasteiger partial charge is 0.390 e. The van der Waals surface area contributed by atoms with Gasteiger partial charge in [0.1, 0.15) is 5.82 Å². The van der Waals surface area contributed by atoms with Gasteiger partial charge in [-0.1, -0.05) is 12.1 Å². The van der Waals surface area contributed by atoms with E-state index in [1.165, 1.54) is 0 Å². The van der Waals surface area contributed by atoms with Gasteiger partial charge < -0.3 is 9.67 Å². The highest BCUT2D eigenvalue weighted by Crippen LogP contribution is 2.33. The van der Waals surface area contributed by atoms with Crippen molar-refractivity contribution in [1.29, 1.82) is 0 Å². The molecule has 0 radical (unpaired) electrons. The largest absolute Gasteiger partial charge is 0.416 e. The van der Waals surface area contributed by atoms with Crippen molar-refractivity contribution in [3.8, 4) is 11.1 Å². The summed E-state index contributed by atoms with van der Waals surface area (Å²) in [5.41, 5.74) is 0.140. The minimum Gasteiger partial charge on any atom is -0.390 e. The molecule has 0 aliphatic rings. The van der Waals surface area contributed by atoms with Crippen molar-refractivity contribution in [3.05, 3.63) is 54.1 Å². The lowest BCUT2D eigenvalue weighted by Crippen LogP contribution is -2.20. The number of alkyl halides is 3. The van der Waals surface area contributed by atoms with Gasteiger partial charge in [-0.05, 0) is 50.1 Å². The van der Waals surface area contributed by atoms with E-state index in [0.29, 0.717) is 30.1 Å². The number of imidazole rings is 1. The average molecular weight is 366 g/mol. The van der Waals surface area contributed by atoms with Crippen LogP contribution in [0.3, 0.4) is 0 Å². The second kappa shape index (κ2) is 6.39. The molecular weight excluding hydrogens is 348 g/mol. The number of fused-ring (bicyclic) bond motifs is 1. The Hall–Kier alpha value is -2.41. The van der Waals surface area contributed by atoms with Gasteiger partial charge in [0.2, 0.25) is 0 Å². The van der Waals surface area contributed by atoms with Gasteiger partial charge >= 0.3 is 6.18 Å². The normalized spacial score (nSPS) is 12.7. The summed E-state index contributed by atoms with van der Waals surface area (Å²) in [6.45, 7) is 4.00. The molecule has 26 heavy (non-hydrogen) atoms. The first kappa shape index (κ1) is 18.4. The molecule has 0 aliphatic carbocycles.